The summed E-state index contributed by atoms with van der Waals surface area (Å²) in [5.74, 6) is 0. The molecule has 0 saturated carbocycles. The smallest absolute Gasteiger partial charge is 0.269 e. The van der Waals surface area contributed by atoms with Crippen molar-refractivity contribution in [2.45, 2.75) is 38.8 Å². The molecule has 4 nitrogen and oxygen atoms in total. The summed E-state index contributed by atoms with van der Waals surface area (Å²) in [6, 6.07) is 9.39. The van der Waals surface area contributed by atoms with Crippen LogP contribution in [0.2, 0.25) is 0 Å². The molecule has 2 rings (SSSR count). The molecule has 0 amide bonds. The van der Waals surface area contributed by atoms with Crippen molar-refractivity contribution in [1.82, 2.24) is 5.32 Å². The molecule has 0 bridgehead atoms. The summed E-state index contributed by atoms with van der Waals surface area (Å²) < 4.78 is 0. The van der Waals surface area contributed by atoms with E-state index in [-0.39, 0.29) is 22.7 Å². The molecule has 0 spiro atoms. The predicted molar refractivity (Wildman–Crippen MR) is 86.6 cm³/mol. The van der Waals surface area contributed by atoms with Gasteiger partial charge < -0.3 is 5.32 Å². The highest BCUT2D eigenvalue weighted by Crippen LogP contribution is 2.26. The number of nitro groups is 1. The Balaban J connectivity index is 2.18. The largest absolute Gasteiger partial charge is 0.303 e. The first kappa shape index (κ1) is 15.7. The maximum Gasteiger partial charge on any atom is 0.269 e. The quantitative estimate of drug-likeness (QED) is 0.587. The minimum absolute atomic E-state index is 0.129. The Morgan fingerprint density at radius 1 is 1.33 bits per heavy atom. The molecule has 2 atom stereocenters. The Bertz CT molecular complexity index is 584. The van der Waals surface area contributed by atoms with E-state index in [0.29, 0.717) is 0 Å². The molecule has 0 aliphatic rings. The van der Waals surface area contributed by atoms with Gasteiger partial charge in [-0.05, 0) is 41.3 Å². The van der Waals surface area contributed by atoms with Gasteiger partial charge in [-0.25, -0.2) is 0 Å². The van der Waals surface area contributed by atoms with Crippen LogP contribution in [0.15, 0.2) is 41.1 Å². The second kappa shape index (κ2) is 7.33. The van der Waals surface area contributed by atoms with Gasteiger partial charge in [-0.1, -0.05) is 25.5 Å². The molecule has 2 unspecified atom stereocenters. The van der Waals surface area contributed by atoms with Gasteiger partial charge in [-0.3, -0.25) is 10.1 Å². The first-order valence-electron chi connectivity index (χ1n) is 7.14. The van der Waals surface area contributed by atoms with E-state index in [1.54, 1.807) is 23.5 Å². The van der Waals surface area contributed by atoms with Crippen molar-refractivity contribution in [1.29, 1.82) is 0 Å². The highest BCUT2D eigenvalue weighted by molar-refractivity contribution is 7.07. The topological polar surface area (TPSA) is 55.2 Å². The third-order valence-electron chi connectivity index (χ3n) is 3.56. The molecule has 21 heavy (non-hydrogen) atoms. The fourth-order valence-electron chi connectivity index (χ4n) is 2.41. The van der Waals surface area contributed by atoms with Crippen LogP contribution >= 0.6 is 11.3 Å². The van der Waals surface area contributed by atoms with Crippen LogP contribution in [0.5, 0.6) is 0 Å². The van der Waals surface area contributed by atoms with E-state index in [4.69, 9.17) is 0 Å². The molecule has 5 heteroatoms. The number of thiophene rings is 1. The molecule has 1 heterocycles. The Labute approximate surface area is 129 Å². The van der Waals surface area contributed by atoms with Crippen molar-refractivity contribution in [2.75, 3.05) is 0 Å². The van der Waals surface area contributed by atoms with Gasteiger partial charge in [-0.2, -0.15) is 11.3 Å². The van der Waals surface area contributed by atoms with Gasteiger partial charge >= 0.3 is 0 Å². The monoisotopic (exact) mass is 304 g/mol. The Morgan fingerprint density at radius 3 is 2.76 bits per heavy atom. The SMILES string of the molecule is CCCC(NC(C)c1ccsc1)c1cccc([N+](=O)[O-])c1. The molecule has 0 saturated heterocycles. The minimum Gasteiger partial charge on any atom is -0.303 e. The summed E-state index contributed by atoms with van der Waals surface area (Å²) >= 11 is 1.68. The van der Waals surface area contributed by atoms with Crippen LogP contribution in [0.4, 0.5) is 5.69 Å². The van der Waals surface area contributed by atoms with E-state index in [0.717, 1.165) is 18.4 Å². The molecule has 112 valence electrons. The van der Waals surface area contributed by atoms with Crippen LogP contribution in [0, 0.1) is 10.1 Å². The predicted octanol–water partition coefficient (Wildman–Crippen LogP) is 4.85. The van der Waals surface area contributed by atoms with Crippen molar-refractivity contribution >= 4 is 17.0 Å². The first-order valence-corrected chi connectivity index (χ1v) is 8.08. The standard InChI is InChI=1S/C16H20N2O2S/c1-3-5-16(17-12(2)14-8-9-21-11-14)13-6-4-7-15(10-13)18(19)20/h4,6-12,16-17H,3,5H2,1-2H3. The van der Waals surface area contributed by atoms with Gasteiger partial charge in [0, 0.05) is 24.2 Å². The van der Waals surface area contributed by atoms with Gasteiger partial charge in [0.1, 0.15) is 0 Å². The highest BCUT2D eigenvalue weighted by atomic mass is 32.1. The van der Waals surface area contributed by atoms with E-state index < -0.39 is 0 Å². The zero-order valence-electron chi connectivity index (χ0n) is 12.3. The van der Waals surface area contributed by atoms with Gasteiger partial charge in [0.25, 0.3) is 5.69 Å². The maximum absolute atomic E-state index is 10.9. The highest BCUT2D eigenvalue weighted by Gasteiger charge is 2.17. The maximum atomic E-state index is 10.9. The van der Waals surface area contributed by atoms with E-state index >= 15 is 0 Å². The number of hydrogen-bond donors (Lipinski definition) is 1. The van der Waals surface area contributed by atoms with Gasteiger partial charge in [-0.15, -0.1) is 0 Å². The number of nitro benzene ring substituents is 1. The number of rotatable bonds is 7. The molecule has 1 N–H and O–H groups in total. The van der Waals surface area contributed by atoms with Gasteiger partial charge in [0.2, 0.25) is 0 Å². The zero-order valence-corrected chi connectivity index (χ0v) is 13.1. The van der Waals surface area contributed by atoms with Crippen LogP contribution in [0.25, 0.3) is 0 Å². The Hall–Kier alpha value is -1.72. The van der Waals surface area contributed by atoms with Crippen molar-refractivity contribution in [2.24, 2.45) is 0 Å². The van der Waals surface area contributed by atoms with Crippen molar-refractivity contribution in [3.05, 3.63) is 62.3 Å². The van der Waals surface area contributed by atoms with Crippen molar-refractivity contribution < 1.29 is 4.92 Å². The number of non-ortho nitro benzene ring substituents is 1. The van der Waals surface area contributed by atoms with E-state index in [9.17, 15) is 10.1 Å². The van der Waals surface area contributed by atoms with E-state index in [1.165, 1.54) is 11.6 Å². The molecule has 0 aliphatic heterocycles. The van der Waals surface area contributed by atoms with Crippen LogP contribution in [0.3, 0.4) is 0 Å². The van der Waals surface area contributed by atoms with Crippen molar-refractivity contribution in [3.63, 3.8) is 0 Å². The number of nitrogens with one attached hydrogen (secondary N) is 1. The zero-order chi connectivity index (χ0) is 15.2. The molecule has 0 aliphatic carbocycles. The van der Waals surface area contributed by atoms with Crippen LogP contribution in [-0.2, 0) is 0 Å². The summed E-state index contributed by atoms with van der Waals surface area (Å²) in [5, 5.41) is 18.7. The summed E-state index contributed by atoms with van der Waals surface area (Å²) in [6.45, 7) is 4.25. The normalized spacial score (nSPS) is 13.8. The molecule has 2 aromatic rings. The molecule has 0 radical (unpaired) electrons. The molecular weight excluding hydrogens is 284 g/mol. The summed E-state index contributed by atoms with van der Waals surface area (Å²) in [4.78, 5) is 10.6. The lowest BCUT2D eigenvalue weighted by atomic mass is 10.00. The molecule has 1 aromatic carbocycles. The average molecular weight is 304 g/mol. The lowest BCUT2D eigenvalue weighted by Gasteiger charge is -2.23. The fraction of sp³-hybridized carbons (Fsp3) is 0.375. The molecular formula is C16H20N2O2S. The number of hydrogen-bond acceptors (Lipinski definition) is 4. The Kier molecular flexibility index (Phi) is 5.47. The summed E-state index contributed by atoms with van der Waals surface area (Å²) in [5.41, 5.74) is 2.39. The Morgan fingerprint density at radius 2 is 2.14 bits per heavy atom. The second-order valence-electron chi connectivity index (χ2n) is 5.14. The van der Waals surface area contributed by atoms with Crippen LogP contribution < -0.4 is 5.32 Å². The number of benzene rings is 1. The van der Waals surface area contributed by atoms with Crippen molar-refractivity contribution in [3.8, 4) is 0 Å². The molecule has 0 fully saturated rings. The summed E-state index contributed by atoms with van der Waals surface area (Å²) in [6.07, 6.45) is 1.98. The lowest BCUT2D eigenvalue weighted by molar-refractivity contribution is -0.384. The summed E-state index contributed by atoms with van der Waals surface area (Å²) in [7, 11) is 0. The third-order valence-corrected chi connectivity index (χ3v) is 4.26. The number of nitrogens with zero attached hydrogens (tertiary/aromatic N) is 1. The minimum atomic E-state index is -0.338. The van der Waals surface area contributed by atoms with Gasteiger partial charge in [0.15, 0.2) is 0 Å². The molecule has 1 aromatic heterocycles. The average Bonchev–Trinajstić information content (AvgIpc) is 3.01. The van der Waals surface area contributed by atoms with E-state index in [1.807, 2.05) is 6.07 Å². The van der Waals surface area contributed by atoms with Gasteiger partial charge in [0.05, 0.1) is 4.92 Å². The van der Waals surface area contributed by atoms with Crippen LogP contribution in [-0.4, -0.2) is 4.92 Å². The second-order valence-corrected chi connectivity index (χ2v) is 5.92. The van der Waals surface area contributed by atoms with E-state index in [2.05, 4.69) is 36.0 Å². The van der Waals surface area contributed by atoms with Crippen LogP contribution in [0.1, 0.15) is 49.9 Å². The third kappa shape index (κ3) is 4.12. The fourth-order valence-corrected chi connectivity index (χ4v) is 3.16. The lowest BCUT2D eigenvalue weighted by Crippen LogP contribution is -2.24. The first-order chi connectivity index (χ1) is 10.1.